The van der Waals surface area contributed by atoms with Crippen LogP contribution in [0.1, 0.15) is 23.2 Å². The Labute approximate surface area is 117 Å². The Morgan fingerprint density at radius 3 is 2.05 bits per heavy atom. The third-order valence-electron chi connectivity index (χ3n) is 3.57. The van der Waals surface area contributed by atoms with Crippen molar-refractivity contribution in [1.29, 1.82) is 0 Å². The van der Waals surface area contributed by atoms with Gasteiger partial charge in [-0.3, -0.25) is 4.79 Å². The van der Waals surface area contributed by atoms with Gasteiger partial charge >= 0.3 is 6.18 Å². The number of likely N-dealkylation sites (tertiary alicyclic amines) is 1. The highest BCUT2D eigenvalue weighted by molar-refractivity contribution is 5.94. The van der Waals surface area contributed by atoms with E-state index in [0.717, 1.165) is 17.0 Å². The minimum Gasteiger partial charge on any atom is -0.394 e. The van der Waals surface area contributed by atoms with Gasteiger partial charge in [0.15, 0.2) is 0 Å². The molecule has 2 N–H and O–H groups in total. The average molecular weight is 308 g/mol. The molecule has 3 nitrogen and oxygen atoms in total. The predicted molar refractivity (Wildman–Crippen MR) is 65.5 cm³/mol. The van der Waals surface area contributed by atoms with Crippen molar-refractivity contribution >= 4 is 11.6 Å². The molecule has 8 heteroatoms. The first kappa shape index (κ1) is 15.5. The summed E-state index contributed by atoms with van der Waals surface area (Å²) in [6.45, 7) is -0.201. The number of nitrogens with two attached hydrogens (primary N) is 1. The number of carbonyl (C=O) groups excluding carboxylic acids is 1. The molecule has 1 aliphatic rings. The average Bonchev–Trinajstić information content (AvgIpc) is 2.42. The smallest absolute Gasteiger partial charge is 0.391 e. The molecular weight excluding hydrogens is 295 g/mol. The molecule has 1 heterocycles. The fraction of sp³-hybridized carbons (Fsp3) is 0.462. The number of hydrogen-bond acceptors (Lipinski definition) is 2. The van der Waals surface area contributed by atoms with Crippen LogP contribution >= 0.6 is 0 Å². The predicted octanol–water partition coefficient (Wildman–Crippen LogP) is 2.96. The Hall–Kier alpha value is -1.86. The van der Waals surface area contributed by atoms with Crippen molar-refractivity contribution in [1.82, 2.24) is 4.90 Å². The van der Waals surface area contributed by atoms with Crippen LogP contribution in [0.3, 0.4) is 0 Å². The van der Waals surface area contributed by atoms with Crippen molar-refractivity contribution < 1.29 is 26.7 Å². The Morgan fingerprint density at radius 2 is 1.62 bits per heavy atom. The van der Waals surface area contributed by atoms with Gasteiger partial charge in [-0.1, -0.05) is 0 Å². The minimum atomic E-state index is -4.28. The van der Waals surface area contributed by atoms with Gasteiger partial charge in [-0.05, 0) is 25.0 Å². The van der Waals surface area contributed by atoms with Crippen LogP contribution in [-0.2, 0) is 0 Å². The molecule has 1 aromatic rings. The van der Waals surface area contributed by atoms with Crippen molar-refractivity contribution in [2.75, 3.05) is 18.8 Å². The zero-order chi connectivity index (χ0) is 15.8. The summed E-state index contributed by atoms with van der Waals surface area (Å²) in [4.78, 5) is 13.2. The van der Waals surface area contributed by atoms with E-state index in [9.17, 15) is 26.7 Å². The molecule has 0 bridgehead atoms. The molecule has 0 atom stereocenters. The molecule has 0 aliphatic carbocycles. The molecule has 2 rings (SSSR count). The lowest BCUT2D eigenvalue weighted by Crippen LogP contribution is -2.42. The van der Waals surface area contributed by atoms with Gasteiger partial charge in [0.2, 0.25) is 0 Å². The zero-order valence-electron chi connectivity index (χ0n) is 10.9. The zero-order valence-corrected chi connectivity index (χ0v) is 10.9. The van der Waals surface area contributed by atoms with Gasteiger partial charge in [0, 0.05) is 18.7 Å². The first-order valence-corrected chi connectivity index (χ1v) is 6.30. The standard InChI is InChI=1S/C13H13F5N2O/c14-9-5-7(6-10(15)11(9)19)12(21)20-3-1-8(2-4-20)13(16,17)18/h5-6,8H,1-4,19H2. The normalized spacial score (nSPS) is 17.1. The second kappa shape index (κ2) is 5.50. The fourth-order valence-corrected chi connectivity index (χ4v) is 2.30. The van der Waals surface area contributed by atoms with Crippen LogP contribution < -0.4 is 5.73 Å². The molecule has 1 amide bonds. The SMILES string of the molecule is Nc1c(F)cc(C(=O)N2CCC(C(F)(F)F)CC2)cc1F. The summed E-state index contributed by atoms with van der Waals surface area (Å²) in [6, 6.07) is 1.58. The molecule has 0 unspecified atom stereocenters. The molecule has 0 spiro atoms. The van der Waals surface area contributed by atoms with Gasteiger partial charge in [0.05, 0.1) is 5.92 Å². The number of rotatable bonds is 1. The van der Waals surface area contributed by atoms with Crippen LogP contribution in [0.2, 0.25) is 0 Å². The van der Waals surface area contributed by atoms with Crippen molar-refractivity contribution in [2.24, 2.45) is 5.92 Å². The van der Waals surface area contributed by atoms with E-state index >= 15 is 0 Å². The number of hydrogen-bond donors (Lipinski definition) is 1. The number of piperidine rings is 1. The van der Waals surface area contributed by atoms with Crippen molar-refractivity contribution in [3.63, 3.8) is 0 Å². The summed E-state index contributed by atoms with van der Waals surface area (Å²) in [7, 11) is 0. The first-order valence-electron chi connectivity index (χ1n) is 6.30. The van der Waals surface area contributed by atoms with Gasteiger partial charge in [0.25, 0.3) is 5.91 Å². The molecule has 116 valence electrons. The van der Waals surface area contributed by atoms with E-state index in [2.05, 4.69) is 0 Å². The van der Waals surface area contributed by atoms with E-state index in [0.29, 0.717) is 0 Å². The number of nitrogen functional groups attached to an aromatic ring is 1. The summed E-state index contributed by atoms with van der Waals surface area (Å²) in [5, 5.41) is 0. The number of carbonyl (C=O) groups is 1. The maximum absolute atomic E-state index is 13.3. The van der Waals surface area contributed by atoms with Crippen LogP contribution in [0.25, 0.3) is 0 Å². The molecular formula is C13H13F5N2O. The fourth-order valence-electron chi connectivity index (χ4n) is 2.30. The summed E-state index contributed by atoms with van der Waals surface area (Å²) >= 11 is 0. The maximum atomic E-state index is 13.3. The molecule has 0 saturated carbocycles. The number of alkyl halides is 3. The Bertz CT molecular complexity index is 527. The molecule has 0 aromatic heterocycles. The highest BCUT2D eigenvalue weighted by Gasteiger charge is 2.41. The molecule has 1 aliphatic heterocycles. The molecule has 1 aromatic carbocycles. The Balaban J connectivity index is 2.09. The van der Waals surface area contributed by atoms with Crippen LogP contribution in [0.4, 0.5) is 27.6 Å². The molecule has 21 heavy (non-hydrogen) atoms. The van der Waals surface area contributed by atoms with Crippen LogP contribution in [0.5, 0.6) is 0 Å². The monoisotopic (exact) mass is 308 g/mol. The topological polar surface area (TPSA) is 46.3 Å². The van der Waals surface area contributed by atoms with E-state index in [1.807, 2.05) is 0 Å². The highest BCUT2D eigenvalue weighted by atomic mass is 19.4. The van der Waals surface area contributed by atoms with Crippen molar-refractivity contribution in [3.8, 4) is 0 Å². The van der Waals surface area contributed by atoms with Gasteiger partial charge < -0.3 is 10.6 Å². The van der Waals surface area contributed by atoms with E-state index in [4.69, 9.17) is 5.73 Å². The van der Waals surface area contributed by atoms with Gasteiger partial charge in [-0.2, -0.15) is 13.2 Å². The van der Waals surface area contributed by atoms with Crippen LogP contribution in [0.15, 0.2) is 12.1 Å². The number of benzene rings is 1. The quantitative estimate of drug-likeness (QED) is 0.640. The van der Waals surface area contributed by atoms with Crippen LogP contribution in [-0.4, -0.2) is 30.1 Å². The first-order chi connectivity index (χ1) is 9.70. The second-order valence-corrected chi connectivity index (χ2v) is 4.96. The number of halogens is 5. The van der Waals surface area contributed by atoms with E-state index in [1.54, 1.807) is 0 Å². The summed E-state index contributed by atoms with van der Waals surface area (Å²) in [5.74, 6) is -4.28. The Morgan fingerprint density at radius 1 is 1.14 bits per heavy atom. The second-order valence-electron chi connectivity index (χ2n) is 4.96. The molecule has 0 radical (unpaired) electrons. The third kappa shape index (κ3) is 3.25. The highest BCUT2D eigenvalue weighted by Crippen LogP contribution is 2.34. The van der Waals surface area contributed by atoms with E-state index in [-0.39, 0.29) is 31.5 Å². The Kier molecular flexibility index (Phi) is 4.06. The lowest BCUT2D eigenvalue weighted by molar-refractivity contribution is -0.183. The minimum absolute atomic E-state index is 0.101. The summed E-state index contributed by atoms with van der Waals surface area (Å²) < 4.78 is 64.2. The lowest BCUT2D eigenvalue weighted by atomic mass is 9.96. The summed E-state index contributed by atoms with van der Waals surface area (Å²) in [6.07, 6.45) is -4.71. The maximum Gasteiger partial charge on any atom is 0.391 e. The van der Waals surface area contributed by atoms with Crippen LogP contribution in [0, 0.1) is 17.6 Å². The molecule has 1 fully saturated rings. The molecule has 1 saturated heterocycles. The van der Waals surface area contributed by atoms with E-state index in [1.165, 1.54) is 0 Å². The third-order valence-corrected chi connectivity index (χ3v) is 3.57. The van der Waals surface area contributed by atoms with Gasteiger partial charge in [-0.15, -0.1) is 0 Å². The number of nitrogens with zero attached hydrogens (tertiary/aromatic N) is 1. The van der Waals surface area contributed by atoms with Crippen molar-refractivity contribution in [3.05, 3.63) is 29.3 Å². The largest absolute Gasteiger partial charge is 0.394 e. The van der Waals surface area contributed by atoms with Gasteiger partial charge in [-0.25, -0.2) is 8.78 Å². The lowest BCUT2D eigenvalue weighted by Gasteiger charge is -2.33. The summed E-state index contributed by atoms with van der Waals surface area (Å²) in [5.41, 5.74) is 4.14. The van der Waals surface area contributed by atoms with Crippen molar-refractivity contribution in [2.45, 2.75) is 19.0 Å². The van der Waals surface area contributed by atoms with E-state index < -0.39 is 35.3 Å². The number of amides is 1. The van der Waals surface area contributed by atoms with Gasteiger partial charge in [0.1, 0.15) is 17.3 Å². The number of anilines is 1.